The van der Waals surface area contributed by atoms with E-state index in [2.05, 4.69) is 4.98 Å². The lowest BCUT2D eigenvalue weighted by atomic mass is 10.4. The van der Waals surface area contributed by atoms with Crippen molar-refractivity contribution in [3.05, 3.63) is 10.6 Å². The molecule has 0 aromatic carbocycles. The smallest absolute Gasteiger partial charge is 0.358 e. The molecule has 0 atom stereocenters. The zero-order valence-electron chi connectivity index (χ0n) is 9.53. The molecule has 1 aromatic heterocycles. The number of anilines is 1. The highest BCUT2D eigenvalue weighted by Gasteiger charge is 2.17. The molecule has 84 valence electrons. The normalized spacial score (nSPS) is 10.1. The van der Waals surface area contributed by atoms with Crippen molar-refractivity contribution in [2.45, 2.75) is 20.8 Å². The molecule has 0 aliphatic rings. The second-order valence-electron chi connectivity index (χ2n) is 3.14. The lowest BCUT2D eigenvalue weighted by Crippen LogP contribution is -2.16. The first-order chi connectivity index (χ1) is 7.10. The molecule has 15 heavy (non-hydrogen) atoms. The lowest BCUT2D eigenvalue weighted by molar-refractivity contribution is 0.0519. The van der Waals surface area contributed by atoms with Crippen LogP contribution in [-0.4, -0.2) is 31.2 Å². The Morgan fingerprint density at radius 3 is 2.73 bits per heavy atom. The van der Waals surface area contributed by atoms with Crippen LogP contribution in [0.25, 0.3) is 0 Å². The molecule has 0 amide bonds. The van der Waals surface area contributed by atoms with Gasteiger partial charge in [0.1, 0.15) is 0 Å². The van der Waals surface area contributed by atoms with E-state index in [1.54, 1.807) is 6.92 Å². The summed E-state index contributed by atoms with van der Waals surface area (Å²) < 4.78 is 4.92. The van der Waals surface area contributed by atoms with Crippen molar-refractivity contribution in [2.24, 2.45) is 0 Å². The number of carbonyl (C=O) groups excluding carboxylic acids is 1. The van der Waals surface area contributed by atoms with Crippen molar-refractivity contribution >= 4 is 22.4 Å². The van der Waals surface area contributed by atoms with Crippen LogP contribution in [0.1, 0.15) is 29.2 Å². The molecule has 1 aromatic rings. The van der Waals surface area contributed by atoms with E-state index in [1.807, 2.05) is 25.8 Å². The van der Waals surface area contributed by atoms with Crippen LogP contribution in [0.15, 0.2) is 0 Å². The summed E-state index contributed by atoms with van der Waals surface area (Å²) in [4.78, 5) is 18.7. The minimum Gasteiger partial charge on any atom is -0.461 e. The molecule has 0 aliphatic carbocycles. The van der Waals surface area contributed by atoms with E-state index in [0.29, 0.717) is 12.3 Å². The molecule has 4 nitrogen and oxygen atoms in total. The van der Waals surface area contributed by atoms with Crippen LogP contribution >= 0.6 is 11.3 Å². The van der Waals surface area contributed by atoms with E-state index >= 15 is 0 Å². The highest BCUT2D eigenvalue weighted by atomic mass is 32.1. The van der Waals surface area contributed by atoms with Gasteiger partial charge < -0.3 is 9.64 Å². The van der Waals surface area contributed by atoms with Crippen LogP contribution in [0, 0.1) is 6.92 Å². The first-order valence-electron chi connectivity index (χ1n) is 4.95. The first kappa shape index (κ1) is 12.0. The quantitative estimate of drug-likeness (QED) is 0.740. The number of rotatable bonds is 4. The minimum absolute atomic E-state index is 0.331. The molecule has 0 saturated heterocycles. The summed E-state index contributed by atoms with van der Waals surface area (Å²) in [5.41, 5.74) is 0.442. The Kier molecular flexibility index (Phi) is 4.08. The van der Waals surface area contributed by atoms with Crippen molar-refractivity contribution in [3.8, 4) is 0 Å². The second-order valence-corrected chi connectivity index (χ2v) is 4.32. The highest BCUT2D eigenvalue weighted by Crippen LogP contribution is 2.25. The number of nitrogens with zero attached hydrogens (tertiary/aromatic N) is 2. The molecular weight excluding hydrogens is 212 g/mol. The third-order valence-corrected chi connectivity index (χ3v) is 3.14. The fraction of sp³-hybridized carbons (Fsp3) is 0.600. The maximum absolute atomic E-state index is 11.5. The van der Waals surface area contributed by atoms with Gasteiger partial charge in [-0.25, -0.2) is 9.78 Å². The number of carbonyl (C=O) groups is 1. The van der Waals surface area contributed by atoms with Gasteiger partial charge in [-0.3, -0.25) is 0 Å². The average molecular weight is 228 g/mol. The predicted octanol–water partition coefficient (Wildman–Crippen LogP) is 2.08. The predicted molar refractivity (Wildman–Crippen MR) is 61.8 cm³/mol. The molecule has 0 N–H and O–H groups in total. The third-order valence-electron chi connectivity index (χ3n) is 2.05. The standard InChI is InChI=1S/C10H16N2O2S/c1-5-12(4)10-11-8(7(3)15-10)9(13)14-6-2/h5-6H2,1-4H3. The van der Waals surface area contributed by atoms with Gasteiger partial charge in [0.2, 0.25) is 0 Å². The van der Waals surface area contributed by atoms with E-state index in [-0.39, 0.29) is 5.97 Å². The van der Waals surface area contributed by atoms with E-state index < -0.39 is 0 Å². The maximum Gasteiger partial charge on any atom is 0.358 e. The van der Waals surface area contributed by atoms with Crippen molar-refractivity contribution in [2.75, 3.05) is 25.1 Å². The third kappa shape index (κ3) is 2.68. The lowest BCUT2D eigenvalue weighted by Gasteiger charge is -2.11. The Labute approximate surface area is 93.9 Å². The Hall–Kier alpha value is -1.10. The zero-order valence-corrected chi connectivity index (χ0v) is 10.3. The molecule has 1 rings (SSSR count). The number of esters is 1. The molecule has 0 spiro atoms. The molecule has 0 radical (unpaired) electrons. The van der Waals surface area contributed by atoms with E-state index in [9.17, 15) is 4.79 Å². The Morgan fingerprint density at radius 2 is 2.20 bits per heavy atom. The van der Waals surface area contributed by atoms with Gasteiger partial charge in [-0.2, -0.15) is 0 Å². The number of aryl methyl sites for hydroxylation is 1. The number of hydrogen-bond acceptors (Lipinski definition) is 5. The van der Waals surface area contributed by atoms with Crippen molar-refractivity contribution in [1.82, 2.24) is 4.98 Å². The van der Waals surface area contributed by atoms with Crippen LogP contribution in [0.2, 0.25) is 0 Å². The van der Waals surface area contributed by atoms with Gasteiger partial charge in [-0.15, -0.1) is 11.3 Å². The topological polar surface area (TPSA) is 42.4 Å². The summed E-state index contributed by atoms with van der Waals surface area (Å²) in [5, 5.41) is 0.859. The summed E-state index contributed by atoms with van der Waals surface area (Å²) >= 11 is 1.52. The number of aromatic nitrogens is 1. The molecule has 0 bridgehead atoms. The van der Waals surface area contributed by atoms with Gasteiger partial charge >= 0.3 is 5.97 Å². The SMILES string of the molecule is CCOC(=O)c1nc(N(C)CC)sc1C. The Bertz CT molecular complexity index is 349. The minimum atomic E-state index is -0.331. The fourth-order valence-electron chi connectivity index (χ4n) is 1.07. The molecular formula is C10H16N2O2S. The zero-order chi connectivity index (χ0) is 11.4. The van der Waals surface area contributed by atoms with Crippen LogP contribution in [-0.2, 0) is 4.74 Å². The highest BCUT2D eigenvalue weighted by molar-refractivity contribution is 7.15. The van der Waals surface area contributed by atoms with Crippen LogP contribution in [0.4, 0.5) is 5.13 Å². The van der Waals surface area contributed by atoms with Crippen LogP contribution < -0.4 is 4.90 Å². The second kappa shape index (κ2) is 5.11. The van der Waals surface area contributed by atoms with Gasteiger partial charge in [0, 0.05) is 18.5 Å². The molecule has 0 aliphatic heterocycles. The van der Waals surface area contributed by atoms with Crippen LogP contribution in [0.3, 0.4) is 0 Å². The van der Waals surface area contributed by atoms with Gasteiger partial charge in [0.15, 0.2) is 10.8 Å². The summed E-state index contributed by atoms with van der Waals surface area (Å²) in [6.07, 6.45) is 0. The maximum atomic E-state index is 11.5. The van der Waals surface area contributed by atoms with Gasteiger partial charge in [-0.1, -0.05) is 0 Å². The summed E-state index contributed by atoms with van der Waals surface area (Å²) in [7, 11) is 1.95. The van der Waals surface area contributed by atoms with Crippen molar-refractivity contribution < 1.29 is 9.53 Å². The van der Waals surface area contributed by atoms with Gasteiger partial charge in [0.25, 0.3) is 0 Å². The molecule has 1 heterocycles. The number of thiazole rings is 1. The first-order valence-corrected chi connectivity index (χ1v) is 5.77. The monoisotopic (exact) mass is 228 g/mol. The fourth-order valence-corrected chi connectivity index (χ4v) is 1.99. The summed E-state index contributed by atoms with van der Waals surface area (Å²) in [6, 6.07) is 0. The molecule has 0 saturated carbocycles. The molecule has 0 fully saturated rings. The molecule has 5 heteroatoms. The van der Waals surface area contributed by atoms with Crippen molar-refractivity contribution in [3.63, 3.8) is 0 Å². The van der Waals surface area contributed by atoms with Gasteiger partial charge in [0.05, 0.1) is 6.61 Å². The number of ether oxygens (including phenoxy) is 1. The number of hydrogen-bond donors (Lipinski definition) is 0. The van der Waals surface area contributed by atoms with Gasteiger partial charge in [-0.05, 0) is 20.8 Å². The average Bonchev–Trinajstić information content (AvgIpc) is 2.59. The largest absolute Gasteiger partial charge is 0.461 e. The Balaban J connectivity index is 2.90. The van der Waals surface area contributed by atoms with Crippen molar-refractivity contribution in [1.29, 1.82) is 0 Å². The van der Waals surface area contributed by atoms with E-state index in [4.69, 9.17) is 4.74 Å². The molecule has 0 unspecified atom stereocenters. The van der Waals surface area contributed by atoms with Crippen LogP contribution in [0.5, 0.6) is 0 Å². The Morgan fingerprint density at radius 1 is 1.53 bits per heavy atom. The van der Waals surface area contributed by atoms with E-state index in [1.165, 1.54) is 11.3 Å². The summed E-state index contributed by atoms with van der Waals surface area (Å²) in [6.45, 7) is 6.97. The van der Waals surface area contributed by atoms with E-state index in [0.717, 1.165) is 16.6 Å². The summed E-state index contributed by atoms with van der Waals surface area (Å²) in [5.74, 6) is -0.331.